The van der Waals surface area contributed by atoms with Gasteiger partial charge in [0.05, 0.1) is 4.92 Å². The van der Waals surface area contributed by atoms with Crippen molar-refractivity contribution >= 4 is 11.4 Å². The molecule has 0 radical (unpaired) electrons. The molecule has 24 heavy (non-hydrogen) atoms. The number of nitrogens with zero attached hydrogens (tertiary/aromatic N) is 2. The largest absolute Gasteiger partial charge is 0.366 e. The quantitative estimate of drug-likeness (QED) is 0.279. The third kappa shape index (κ3) is 2.45. The third-order valence-corrected chi connectivity index (χ3v) is 3.92. The van der Waals surface area contributed by atoms with Crippen LogP contribution in [-0.4, -0.2) is 11.5 Å². The van der Waals surface area contributed by atoms with E-state index in [9.17, 15) is 32.1 Å². The van der Waals surface area contributed by atoms with Crippen molar-refractivity contribution in [3.8, 4) is 0 Å². The van der Waals surface area contributed by atoms with E-state index in [1.165, 1.54) is 23.1 Å². The Hall–Kier alpha value is -2.71. The topological polar surface area (TPSA) is 46.4 Å². The first-order valence-electron chi connectivity index (χ1n) is 6.83. The molecule has 3 rings (SSSR count). The van der Waals surface area contributed by atoms with E-state index >= 15 is 0 Å². The number of fused-ring (bicyclic) bond motifs is 1. The van der Waals surface area contributed by atoms with Gasteiger partial charge in [-0.05, 0) is 18.1 Å². The van der Waals surface area contributed by atoms with Crippen LogP contribution in [0.1, 0.15) is 11.1 Å². The predicted molar refractivity (Wildman–Crippen MR) is 74.1 cm³/mol. The zero-order valence-corrected chi connectivity index (χ0v) is 12.0. The summed E-state index contributed by atoms with van der Waals surface area (Å²) in [5.74, 6) is -9.94. The maximum Gasteiger partial charge on any atom is 0.269 e. The average molecular weight is 344 g/mol. The predicted octanol–water partition coefficient (Wildman–Crippen LogP) is 3.85. The Kier molecular flexibility index (Phi) is 3.86. The highest BCUT2D eigenvalue weighted by Crippen LogP contribution is 2.33. The first kappa shape index (κ1) is 16.2. The summed E-state index contributed by atoms with van der Waals surface area (Å²) in [6, 6.07) is 3.94. The van der Waals surface area contributed by atoms with Crippen molar-refractivity contribution in [3.63, 3.8) is 0 Å². The van der Waals surface area contributed by atoms with Gasteiger partial charge in [-0.1, -0.05) is 0 Å². The van der Waals surface area contributed by atoms with E-state index in [0.29, 0.717) is 17.7 Å². The minimum absolute atomic E-state index is 0.133. The van der Waals surface area contributed by atoms with Crippen LogP contribution in [0.3, 0.4) is 0 Å². The maximum atomic E-state index is 13.8. The first-order chi connectivity index (χ1) is 11.3. The molecular formula is C15H9F5N2O2. The highest BCUT2D eigenvalue weighted by Gasteiger charge is 2.29. The summed E-state index contributed by atoms with van der Waals surface area (Å²) in [4.78, 5) is 11.6. The number of hydrogen-bond donors (Lipinski definition) is 0. The van der Waals surface area contributed by atoms with Crippen molar-refractivity contribution in [1.82, 2.24) is 0 Å². The van der Waals surface area contributed by atoms with Gasteiger partial charge in [0.2, 0.25) is 5.82 Å². The Morgan fingerprint density at radius 2 is 1.58 bits per heavy atom. The monoisotopic (exact) mass is 344 g/mol. The minimum atomic E-state index is -2.20. The van der Waals surface area contributed by atoms with Crippen molar-refractivity contribution < 1.29 is 26.9 Å². The summed E-state index contributed by atoms with van der Waals surface area (Å²) in [6.07, 6.45) is 0.367. The van der Waals surface area contributed by atoms with E-state index in [0.717, 1.165) is 0 Å². The summed E-state index contributed by atoms with van der Waals surface area (Å²) in [6.45, 7) is -0.285. The fourth-order valence-electron chi connectivity index (χ4n) is 2.71. The number of nitro groups is 1. The van der Waals surface area contributed by atoms with E-state index in [-0.39, 0.29) is 12.2 Å². The van der Waals surface area contributed by atoms with Gasteiger partial charge in [-0.2, -0.15) is 0 Å². The lowest BCUT2D eigenvalue weighted by Crippen LogP contribution is -2.22. The van der Waals surface area contributed by atoms with E-state index < -0.39 is 46.1 Å². The second-order valence-electron chi connectivity index (χ2n) is 5.29. The van der Waals surface area contributed by atoms with Crippen LogP contribution in [0.25, 0.3) is 0 Å². The van der Waals surface area contributed by atoms with Crippen molar-refractivity contribution in [2.24, 2.45) is 0 Å². The number of benzene rings is 2. The Balaban J connectivity index is 1.97. The van der Waals surface area contributed by atoms with Gasteiger partial charge in [0, 0.05) is 36.5 Å². The van der Waals surface area contributed by atoms with Gasteiger partial charge < -0.3 is 4.90 Å². The number of anilines is 1. The van der Waals surface area contributed by atoms with Crippen LogP contribution in [0.5, 0.6) is 0 Å². The van der Waals surface area contributed by atoms with Crippen molar-refractivity contribution in [2.45, 2.75) is 13.0 Å². The molecule has 0 aliphatic carbocycles. The summed E-state index contributed by atoms with van der Waals surface area (Å²) < 4.78 is 67.1. The first-order valence-corrected chi connectivity index (χ1v) is 6.83. The van der Waals surface area contributed by atoms with Crippen LogP contribution < -0.4 is 4.90 Å². The second-order valence-corrected chi connectivity index (χ2v) is 5.29. The van der Waals surface area contributed by atoms with Gasteiger partial charge >= 0.3 is 0 Å². The van der Waals surface area contributed by atoms with Crippen LogP contribution in [0.2, 0.25) is 0 Å². The van der Waals surface area contributed by atoms with E-state index in [1.54, 1.807) is 0 Å². The molecule has 126 valence electrons. The second kappa shape index (κ2) is 5.73. The molecule has 0 unspecified atom stereocenters. The molecule has 0 bridgehead atoms. The van der Waals surface area contributed by atoms with E-state index in [2.05, 4.69) is 0 Å². The molecule has 0 atom stereocenters. The number of non-ortho nitro benzene ring substituents is 1. The highest BCUT2D eigenvalue weighted by molar-refractivity contribution is 5.61. The fraction of sp³-hybridized carbons (Fsp3) is 0.200. The van der Waals surface area contributed by atoms with Crippen LogP contribution >= 0.6 is 0 Å². The van der Waals surface area contributed by atoms with Crippen molar-refractivity contribution in [3.05, 3.63) is 68.5 Å². The SMILES string of the molecule is O=[N+]([O-])c1ccc2c(c1)CCN2Cc1c(F)c(F)c(F)c(F)c1F. The van der Waals surface area contributed by atoms with E-state index in [1.807, 2.05) is 0 Å². The molecule has 0 saturated heterocycles. The van der Waals surface area contributed by atoms with Crippen LogP contribution in [-0.2, 0) is 13.0 Å². The number of halogens is 5. The van der Waals surface area contributed by atoms with Gasteiger partial charge in [-0.15, -0.1) is 0 Å². The molecule has 0 aromatic heterocycles. The molecule has 0 fully saturated rings. The third-order valence-electron chi connectivity index (χ3n) is 3.92. The Morgan fingerprint density at radius 3 is 2.17 bits per heavy atom. The van der Waals surface area contributed by atoms with Gasteiger partial charge in [-0.25, -0.2) is 22.0 Å². The fourth-order valence-corrected chi connectivity index (χ4v) is 2.71. The van der Waals surface area contributed by atoms with Crippen molar-refractivity contribution in [2.75, 3.05) is 11.4 Å². The van der Waals surface area contributed by atoms with Gasteiger partial charge in [0.1, 0.15) is 0 Å². The van der Waals surface area contributed by atoms with E-state index in [4.69, 9.17) is 0 Å². The summed E-state index contributed by atoms with van der Waals surface area (Å²) in [5.41, 5.74) is -0.0259. The molecule has 0 N–H and O–H groups in total. The lowest BCUT2D eigenvalue weighted by atomic mass is 10.1. The van der Waals surface area contributed by atoms with Gasteiger partial charge in [-0.3, -0.25) is 10.1 Å². The molecule has 0 saturated carbocycles. The Morgan fingerprint density at radius 1 is 1.00 bits per heavy atom. The van der Waals surface area contributed by atoms with Gasteiger partial charge in [0.15, 0.2) is 23.3 Å². The molecule has 0 spiro atoms. The van der Waals surface area contributed by atoms with Gasteiger partial charge in [0.25, 0.3) is 5.69 Å². The molecule has 9 heteroatoms. The summed E-state index contributed by atoms with van der Waals surface area (Å²) in [5, 5.41) is 10.7. The summed E-state index contributed by atoms with van der Waals surface area (Å²) in [7, 11) is 0. The molecule has 1 aliphatic rings. The van der Waals surface area contributed by atoms with Crippen molar-refractivity contribution in [1.29, 1.82) is 0 Å². The molecule has 4 nitrogen and oxygen atoms in total. The molecule has 2 aromatic carbocycles. The Labute approximate surface area is 132 Å². The standard InChI is InChI=1S/C15H9F5N2O2/c16-11-9(12(17)14(19)15(20)13(11)18)6-21-4-3-7-5-8(22(23)24)1-2-10(7)21/h1-2,5H,3-4,6H2. The number of hydrogen-bond acceptors (Lipinski definition) is 3. The summed E-state index contributed by atoms with van der Waals surface area (Å²) >= 11 is 0. The number of rotatable bonds is 3. The van der Waals surface area contributed by atoms with Crippen LogP contribution in [0.15, 0.2) is 18.2 Å². The lowest BCUT2D eigenvalue weighted by Gasteiger charge is -2.20. The average Bonchev–Trinajstić information content (AvgIpc) is 2.97. The zero-order chi connectivity index (χ0) is 17.6. The molecule has 1 aliphatic heterocycles. The maximum absolute atomic E-state index is 13.8. The molecule has 0 amide bonds. The smallest absolute Gasteiger partial charge is 0.269 e. The van der Waals surface area contributed by atoms with Crippen LogP contribution in [0, 0.1) is 39.2 Å². The molecule has 2 aromatic rings. The minimum Gasteiger partial charge on any atom is -0.366 e. The normalized spacial score (nSPS) is 13.3. The zero-order valence-electron chi connectivity index (χ0n) is 12.0. The highest BCUT2D eigenvalue weighted by atomic mass is 19.2. The number of nitro benzene ring substituents is 1. The Bertz CT molecular complexity index is 827. The van der Waals surface area contributed by atoms with Crippen LogP contribution in [0.4, 0.5) is 33.3 Å². The molecule has 1 heterocycles. The molecular weight excluding hydrogens is 335 g/mol. The lowest BCUT2D eigenvalue weighted by molar-refractivity contribution is -0.384.